The Hall–Kier alpha value is -2.77. The van der Waals surface area contributed by atoms with E-state index in [1.807, 2.05) is 12.1 Å². The molecule has 1 atom stereocenters. The van der Waals surface area contributed by atoms with Crippen LogP contribution in [0, 0.1) is 0 Å². The van der Waals surface area contributed by atoms with Crippen LogP contribution in [0.1, 0.15) is 12.5 Å². The number of benzene rings is 2. The molecule has 8 heteroatoms. The standard InChI is InChI=1S/C19H15ClN2O4S/c1-11(18(24)25)26-13-8-6-12(7-9-13)10-16-17(23)22-19(27-16)21-15-5-3-2-4-14(15)20/h2-11H,1H3,(H,24,25)(H,21,22,23)/b16-10+. The smallest absolute Gasteiger partial charge is 0.344 e. The highest BCUT2D eigenvalue weighted by Crippen LogP contribution is 2.31. The zero-order valence-electron chi connectivity index (χ0n) is 14.2. The van der Waals surface area contributed by atoms with Crippen molar-refractivity contribution in [1.82, 2.24) is 5.32 Å². The fraction of sp³-hybridized carbons (Fsp3) is 0.105. The second-order valence-corrected chi connectivity index (χ2v) is 7.04. The van der Waals surface area contributed by atoms with Crippen molar-refractivity contribution in [2.75, 3.05) is 0 Å². The van der Waals surface area contributed by atoms with Gasteiger partial charge in [0.25, 0.3) is 5.91 Å². The van der Waals surface area contributed by atoms with E-state index in [-0.39, 0.29) is 5.91 Å². The maximum atomic E-state index is 12.1. The van der Waals surface area contributed by atoms with Crippen molar-refractivity contribution in [1.29, 1.82) is 0 Å². The van der Waals surface area contributed by atoms with Gasteiger partial charge in [0.2, 0.25) is 0 Å². The molecule has 0 aromatic heterocycles. The summed E-state index contributed by atoms with van der Waals surface area (Å²) in [6.45, 7) is 1.46. The number of carboxylic acid groups (broad SMARTS) is 1. The van der Waals surface area contributed by atoms with E-state index in [0.717, 1.165) is 5.56 Å². The summed E-state index contributed by atoms with van der Waals surface area (Å²) in [5.41, 5.74) is 1.36. The van der Waals surface area contributed by atoms with Crippen LogP contribution in [-0.4, -0.2) is 28.3 Å². The predicted molar refractivity (Wildman–Crippen MR) is 106 cm³/mol. The Kier molecular flexibility index (Phi) is 5.83. The second kappa shape index (κ2) is 8.28. The van der Waals surface area contributed by atoms with Crippen LogP contribution in [0.5, 0.6) is 5.75 Å². The Morgan fingerprint density at radius 1 is 1.26 bits per heavy atom. The molecule has 1 aliphatic rings. The Labute approximate surface area is 164 Å². The first kappa shape index (κ1) is 19.0. The van der Waals surface area contributed by atoms with Gasteiger partial charge in [-0.2, -0.15) is 0 Å². The Bertz CT molecular complexity index is 941. The second-order valence-electron chi connectivity index (χ2n) is 5.60. The number of thioether (sulfide) groups is 1. The number of nitrogens with one attached hydrogen (secondary N) is 1. The summed E-state index contributed by atoms with van der Waals surface area (Å²) in [6.07, 6.45) is 0.786. The van der Waals surface area contributed by atoms with Gasteiger partial charge in [0.15, 0.2) is 11.3 Å². The number of aliphatic imine (C=N–C) groups is 1. The molecule has 2 aromatic carbocycles. The van der Waals surface area contributed by atoms with Gasteiger partial charge in [-0.25, -0.2) is 9.79 Å². The predicted octanol–water partition coefficient (Wildman–Crippen LogP) is 4.08. The number of para-hydroxylation sites is 1. The largest absolute Gasteiger partial charge is 0.479 e. The van der Waals surface area contributed by atoms with Crippen LogP contribution in [-0.2, 0) is 9.59 Å². The van der Waals surface area contributed by atoms with Crippen LogP contribution >= 0.6 is 23.4 Å². The first-order valence-electron chi connectivity index (χ1n) is 7.96. The van der Waals surface area contributed by atoms with Crippen LogP contribution in [0.25, 0.3) is 6.08 Å². The van der Waals surface area contributed by atoms with Crippen LogP contribution in [0.4, 0.5) is 5.69 Å². The summed E-state index contributed by atoms with van der Waals surface area (Å²) in [6, 6.07) is 13.9. The lowest BCUT2D eigenvalue weighted by molar-refractivity contribution is -0.144. The molecule has 1 unspecified atom stereocenters. The molecule has 1 fully saturated rings. The number of carboxylic acids is 1. The highest BCUT2D eigenvalue weighted by molar-refractivity contribution is 8.18. The molecule has 0 aliphatic carbocycles. The van der Waals surface area contributed by atoms with Crippen molar-refractivity contribution in [2.24, 2.45) is 4.99 Å². The number of rotatable bonds is 5. The number of nitrogens with zero attached hydrogens (tertiary/aromatic N) is 1. The van der Waals surface area contributed by atoms with Gasteiger partial charge >= 0.3 is 5.97 Å². The maximum Gasteiger partial charge on any atom is 0.344 e. The molecule has 0 spiro atoms. The number of hydrogen-bond acceptors (Lipinski definition) is 5. The van der Waals surface area contributed by atoms with Crippen LogP contribution < -0.4 is 10.1 Å². The van der Waals surface area contributed by atoms with E-state index in [0.29, 0.717) is 26.5 Å². The Morgan fingerprint density at radius 3 is 2.63 bits per heavy atom. The first-order chi connectivity index (χ1) is 12.9. The van der Waals surface area contributed by atoms with Gasteiger partial charge in [0.1, 0.15) is 5.75 Å². The lowest BCUT2D eigenvalue weighted by Crippen LogP contribution is -2.22. The fourth-order valence-electron chi connectivity index (χ4n) is 2.18. The van der Waals surface area contributed by atoms with Crippen molar-refractivity contribution in [3.63, 3.8) is 0 Å². The van der Waals surface area contributed by atoms with Gasteiger partial charge in [-0.15, -0.1) is 0 Å². The van der Waals surface area contributed by atoms with Crippen LogP contribution in [0.3, 0.4) is 0 Å². The molecule has 0 bridgehead atoms. The van der Waals surface area contributed by atoms with E-state index in [9.17, 15) is 9.59 Å². The third-order valence-electron chi connectivity index (χ3n) is 3.56. The number of amides is 1. The number of halogens is 1. The number of carbonyl (C=O) groups is 2. The van der Waals surface area contributed by atoms with Crippen molar-refractivity contribution in [3.05, 3.63) is 64.0 Å². The molecule has 6 nitrogen and oxygen atoms in total. The summed E-state index contributed by atoms with van der Waals surface area (Å²) < 4.78 is 5.28. The number of ether oxygens (including phenoxy) is 1. The lowest BCUT2D eigenvalue weighted by atomic mass is 10.2. The van der Waals surface area contributed by atoms with Gasteiger partial charge in [0, 0.05) is 0 Å². The molecule has 2 aromatic rings. The molecule has 27 heavy (non-hydrogen) atoms. The van der Waals surface area contributed by atoms with Crippen molar-refractivity contribution >= 4 is 52.2 Å². The lowest BCUT2D eigenvalue weighted by Gasteiger charge is -2.10. The molecular formula is C19H15ClN2O4S. The van der Waals surface area contributed by atoms with E-state index < -0.39 is 12.1 Å². The third-order valence-corrected chi connectivity index (χ3v) is 4.79. The normalized spacial score (nSPS) is 17.8. The number of amidine groups is 1. The summed E-state index contributed by atoms with van der Waals surface area (Å²) in [5, 5.41) is 12.5. The van der Waals surface area contributed by atoms with Crippen molar-refractivity contribution in [2.45, 2.75) is 13.0 Å². The molecular weight excluding hydrogens is 388 g/mol. The molecule has 1 heterocycles. The average Bonchev–Trinajstić information content (AvgIpc) is 2.97. The summed E-state index contributed by atoms with van der Waals surface area (Å²) in [7, 11) is 0. The quantitative estimate of drug-likeness (QED) is 0.735. The van der Waals surface area contributed by atoms with Crippen molar-refractivity contribution < 1.29 is 19.4 Å². The van der Waals surface area contributed by atoms with E-state index in [2.05, 4.69) is 10.3 Å². The minimum atomic E-state index is -1.04. The van der Waals surface area contributed by atoms with Crippen LogP contribution in [0.15, 0.2) is 58.4 Å². The molecule has 138 valence electrons. The Balaban J connectivity index is 1.73. The molecule has 2 N–H and O–H groups in total. The SMILES string of the molecule is CC(Oc1ccc(/C=C2/SC(=Nc3ccccc3Cl)NC2=O)cc1)C(=O)O. The topological polar surface area (TPSA) is 88.0 Å². The van der Waals surface area contributed by atoms with E-state index in [1.165, 1.54) is 18.7 Å². The molecule has 3 rings (SSSR count). The van der Waals surface area contributed by atoms with E-state index in [1.54, 1.807) is 42.5 Å². The number of carbonyl (C=O) groups excluding carboxylic acids is 1. The molecule has 1 saturated heterocycles. The maximum absolute atomic E-state index is 12.1. The summed E-state index contributed by atoms with van der Waals surface area (Å²) >= 11 is 7.30. The van der Waals surface area contributed by atoms with Crippen molar-refractivity contribution in [3.8, 4) is 5.75 Å². The third kappa shape index (κ3) is 4.90. The summed E-state index contributed by atoms with van der Waals surface area (Å²) in [4.78, 5) is 27.8. The van der Waals surface area contributed by atoms with Gasteiger partial charge in [-0.05, 0) is 54.6 Å². The minimum Gasteiger partial charge on any atom is -0.479 e. The average molecular weight is 403 g/mol. The van der Waals surface area contributed by atoms with Crippen LogP contribution in [0.2, 0.25) is 5.02 Å². The first-order valence-corrected chi connectivity index (χ1v) is 9.15. The van der Waals surface area contributed by atoms with Gasteiger partial charge < -0.3 is 15.2 Å². The summed E-state index contributed by atoms with van der Waals surface area (Å²) in [5.74, 6) is -0.840. The van der Waals surface area contributed by atoms with E-state index in [4.69, 9.17) is 21.4 Å². The number of aliphatic carboxylic acids is 1. The molecule has 1 amide bonds. The van der Waals surface area contributed by atoms with Gasteiger partial charge in [-0.3, -0.25) is 4.79 Å². The van der Waals surface area contributed by atoms with E-state index >= 15 is 0 Å². The monoisotopic (exact) mass is 402 g/mol. The Morgan fingerprint density at radius 2 is 1.96 bits per heavy atom. The molecule has 0 radical (unpaired) electrons. The zero-order chi connectivity index (χ0) is 19.4. The highest BCUT2D eigenvalue weighted by atomic mass is 35.5. The van der Waals surface area contributed by atoms with Gasteiger partial charge in [0.05, 0.1) is 15.6 Å². The fourth-order valence-corrected chi connectivity index (χ4v) is 3.19. The molecule has 1 aliphatic heterocycles. The zero-order valence-corrected chi connectivity index (χ0v) is 15.8. The van der Waals surface area contributed by atoms with Gasteiger partial charge in [-0.1, -0.05) is 35.9 Å². The number of hydrogen-bond donors (Lipinski definition) is 2. The highest BCUT2D eigenvalue weighted by Gasteiger charge is 2.24. The minimum absolute atomic E-state index is 0.245. The molecule has 0 saturated carbocycles.